The number of piperidine rings is 1. The number of hydrogen-bond donors (Lipinski definition) is 3. The number of carbonyl (C=O) groups is 1. The predicted molar refractivity (Wildman–Crippen MR) is 96.7 cm³/mol. The topological polar surface area (TPSA) is 130 Å². The van der Waals surface area contributed by atoms with E-state index in [2.05, 4.69) is 25.5 Å². The quantitative estimate of drug-likeness (QED) is 0.702. The summed E-state index contributed by atoms with van der Waals surface area (Å²) in [5, 5.41) is 21.8. The van der Waals surface area contributed by atoms with Gasteiger partial charge in [-0.1, -0.05) is 11.6 Å². The Hall–Kier alpha value is -2.52. The number of halogens is 1. The molecule has 3 heterocycles. The molecule has 1 saturated heterocycles. The Morgan fingerprint density at radius 1 is 1.46 bits per heavy atom. The molecule has 10 heteroatoms. The third-order valence-electron chi connectivity index (χ3n) is 4.14. The number of pyridine rings is 1. The Morgan fingerprint density at radius 3 is 2.96 bits per heavy atom. The number of carbonyl (C=O) groups excluding carboxylic acids is 1. The fraction of sp³-hybridized carbons (Fsp3) is 0.438. The summed E-state index contributed by atoms with van der Waals surface area (Å²) in [5.74, 6) is -0.0172. The first kappa shape index (κ1) is 18.3. The Balaban J connectivity index is 1.72. The number of aromatic hydroxyl groups is 1. The molecule has 0 bridgehead atoms. The molecule has 2 aromatic rings. The van der Waals surface area contributed by atoms with Gasteiger partial charge in [0.2, 0.25) is 11.9 Å². The van der Waals surface area contributed by atoms with Crippen LogP contribution < -0.4 is 11.1 Å². The monoisotopic (exact) mass is 377 g/mol. The summed E-state index contributed by atoms with van der Waals surface area (Å²) in [4.78, 5) is 21.6. The molecule has 1 unspecified atom stereocenters. The number of aryl methyl sites for hydroxylation is 1. The molecular formula is C16H20ClN7O2. The van der Waals surface area contributed by atoms with Gasteiger partial charge in [-0.25, -0.2) is 9.97 Å². The molecular weight excluding hydrogens is 358 g/mol. The molecule has 0 aliphatic carbocycles. The maximum absolute atomic E-state index is 11.1. The highest BCUT2D eigenvalue weighted by Crippen LogP contribution is 2.29. The number of nitrogens with two attached hydrogens (primary N) is 1. The van der Waals surface area contributed by atoms with Gasteiger partial charge in [-0.15, -0.1) is 10.2 Å². The Bertz CT molecular complexity index is 817. The number of likely N-dealkylation sites (tertiary alicyclic amines) is 1. The molecule has 1 atom stereocenters. The zero-order valence-electron chi connectivity index (χ0n) is 14.3. The summed E-state index contributed by atoms with van der Waals surface area (Å²) < 4.78 is 0. The molecule has 0 radical (unpaired) electrons. The maximum Gasteiger partial charge on any atom is 0.243 e. The highest BCUT2D eigenvalue weighted by Gasteiger charge is 2.22. The molecule has 0 aromatic carbocycles. The van der Waals surface area contributed by atoms with Crippen molar-refractivity contribution in [2.24, 2.45) is 5.73 Å². The molecule has 1 aliphatic heterocycles. The molecule has 3 rings (SSSR count). The van der Waals surface area contributed by atoms with Gasteiger partial charge in [-0.2, -0.15) is 0 Å². The first-order valence-corrected chi connectivity index (χ1v) is 8.63. The first-order valence-electron chi connectivity index (χ1n) is 8.26. The largest absolute Gasteiger partial charge is 0.506 e. The summed E-state index contributed by atoms with van der Waals surface area (Å²) in [6.45, 7) is 3.55. The van der Waals surface area contributed by atoms with Crippen LogP contribution in [-0.4, -0.2) is 61.8 Å². The molecule has 138 valence electrons. The number of amides is 1. The minimum absolute atomic E-state index is 0.0771. The van der Waals surface area contributed by atoms with Gasteiger partial charge >= 0.3 is 0 Å². The standard InChI is InChI=1S/C16H20ClN7O2/c1-9-14(15-12(25)5-10(17)6-19-15)22-23-16(20-9)21-11-3-2-4-24(7-11)8-13(18)26/h5-6,11,25H,2-4,7-8H2,1H3,(H2,18,26)(H,20,21,23). The molecule has 9 nitrogen and oxygen atoms in total. The van der Waals surface area contributed by atoms with Crippen molar-refractivity contribution in [3.63, 3.8) is 0 Å². The van der Waals surface area contributed by atoms with E-state index in [1.54, 1.807) is 6.92 Å². The molecule has 1 amide bonds. The van der Waals surface area contributed by atoms with E-state index in [1.807, 2.05) is 4.90 Å². The van der Waals surface area contributed by atoms with Gasteiger partial charge in [-0.3, -0.25) is 9.69 Å². The van der Waals surface area contributed by atoms with Gasteiger partial charge in [0.15, 0.2) is 0 Å². The van der Waals surface area contributed by atoms with Gasteiger partial charge in [0.1, 0.15) is 17.1 Å². The van der Waals surface area contributed by atoms with Crippen LogP contribution in [0.1, 0.15) is 18.5 Å². The highest BCUT2D eigenvalue weighted by atomic mass is 35.5. The van der Waals surface area contributed by atoms with E-state index in [9.17, 15) is 9.90 Å². The van der Waals surface area contributed by atoms with E-state index in [-0.39, 0.29) is 29.9 Å². The van der Waals surface area contributed by atoms with Crippen molar-refractivity contribution in [3.8, 4) is 17.1 Å². The van der Waals surface area contributed by atoms with Gasteiger partial charge in [0.25, 0.3) is 0 Å². The molecule has 1 fully saturated rings. The summed E-state index contributed by atoms with van der Waals surface area (Å²) in [6.07, 6.45) is 3.33. The Kier molecular flexibility index (Phi) is 5.48. The van der Waals surface area contributed by atoms with Crippen LogP contribution in [0.5, 0.6) is 5.75 Å². The SMILES string of the molecule is Cc1nc(NC2CCCN(CC(N)=O)C2)nnc1-c1ncc(Cl)cc1O. The number of aromatic nitrogens is 4. The van der Waals surface area contributed by atoms with Gasteiger partial charge < -0.3 is 16.2 Å². The third kappa shape index (κ3) is 4.36. The van der Waals surface area contributed by atoms with E-state index in [1.165, 1.54) is 12.3 Å². The van der Waals surface area contributed by atoms with Crippen molar-refractivity contribution in [2.75, 3.05) is 25.0 Å². The Morgan fingerprint density at radius 2 is 2.27 bits per heavy atom. The number of nitrogens with zero attached hydrogens (tertiary/aromatic N) is 5. The molecule has 26 heavy (non-hydrogen) atoms. The van der Waals surface area contributed by atoms with Crippen LogP contribution in [0.4, 0.5) is 5.95 Å². The third-order valence-corrected chi connectivity index (χ3v) is 4.34. The number of rotatable bonds is 5. The van der Waals surface area contributed by atoms with E-state index >= 15 is 0 Å². The van der Waals surface area contributed by atoms with Crippen LogP contribution in [0.3, 0.4) is 0 Å². The van der Waals surface area contributed by atoms with Crippen LogP contribution in [0.25, 0.3) is 11.4 Å². The lowest BCUT2D eigenvalue weighted by molar-refractivity contribution is -0.119. The van der Waals surface area contributed by atoms with E-state index in [0.717, 1.165) is 19.4 Å². The lowest BCUT2D eigenvalue weighted by Crippen LogP contribution is -2.45. The van der Waals surface area contributed by atoms with Crippen molar-refractivity contribution >= 4 is 23.5 Å². The van der Waals surface area contributed by atoms with Crippen molar-refractivity contribution in [3.05, 3.63) is 23.0 Å². The van der Waals surface area contributed by atoms with E-state index < -0.39 is 0 Å². The van der Waals surface area contributed by atoms with Crippen LogP contribution in [0.2, 0.25) is 5.02 Å². The van der Waals surface area contributed by atoms with Crippen molar-refractivity contribution < 1.29 is 9.90 Å². The minimum Gasteiger partial charge on any atom is -0.506 e. The molecule has 2 aromatic heterocycles. The minimum atomic E-state index is -0.334. The second kappa shape index (κ2) is 7.79. The average molecular weight is 378 g/mol. The van der Waals surface area contributed by atoms with Crippen LogP contribution >= 0.6 is 11.6 Å². The molecule has 1 aliphatic rings. The average Bonchev–Trinajstić information content (AvgIpc) is 2.56. The van der Waals surface area contributed by atoms with Crippen LogP contribution in [0.15, 0.2) is 12.3 Å². The number of primary amides is 1. The van der Waals surface area contributed by atoms with E-state index in [4.69, 9.17) is 17.3 Å². The van der Waals surface area contributed by atoms with Crippen molar-refractivity contribution in [2.45, 2.75) is 25.8 Å². The van der Waals surface area contributed by atoms with Crippen molar-refractivity contribution in [1.29, 1.82) is 0 Å². The van der Waals surface area contributed by atoms with Crippen molar-refractivity contribution in [1.82, 2.24) is 25.1 Å². The smallest absolute Gasteiger partial charge is 0.243 e. The second-order valence-electron chi connectivity index (χ2n) is 6.28. The molecule has 0 saturated carbocycles. The number of anilines is 1. The fourth-order valence-electron chi connectivity index (χ4n) is 3.01. The first-order chi connectivity index (χ1) is 12.4. The fourth-order valence-corrected chi connectivity index (χ4v) is 3.17. The zero-order valence-corrected chi connectivity index (χ0v) is 15.1. The highest BCUT2D eigenvalue weighted by molar-refractivity contribution is 6.30. The maximum atomic E-state index is 11.1. The number of nitrogens with one attached hydrogen (secondary N) is 1. The normalized spacial score (nSPS) is 17.8. The second-order valence-corrected chi connectivity index (χ2v) is 6.71. The summed E-state index contributed by atoms with van der Waals surface area (Å²) in [6, 6.07) is 1.50. The summed E-state index contributed by atoms with van der Waals surface area (Å²) in [7, 11) is 0. The number of hydrogen-bond acceptors (Lipinski definition) is 8. The summed E-state index contributed by atoms with van der Waals surface area (Å²) >= 11 is 5.80. The lowest BCUT2D eigenvalue weighted by atomic mass is 10.1. The van der Waals surface area contributed by atoms with Gasteiger partial charge in [-0.05, 0) is 26.3 Å². The van der Waals surface area contributed by atoms with E-state index in [0.29, 0.717) is 28.9 Å². The Labute approximate surface area is 155 Å². The summed E-state index contributed by atoms with van der Waals surface area (Å²) in [5.41, 5.74) is 6.52. The van der Waals surface area contributed by atoms with Crippen LogP contribution in [-0.2, 0) is 4.79 Å². The van der Waals surface area contributed by atoms with Gasteiger partial charge in [0.05, 0.1) is 17.3 Å². The molecule has 0 spiro atoms. The zero-order chi connectivity index (χ0) is 18.7. The van der Waals surface area contributed by atoms with Gasteiger partial charge in [0, 0.05) is 24.8 Å². The van der Waals surface area contributed by atoms with Crippen LogP contribution in [0, 0.1) is 6.92 Å². The molecule has 4 N–H and O–H groups in total. The predicted octanol–water partition coefficient (Wildman–Crippen LogP) is 0.963. The lowest BCUT2D eigenvalue weighted by Gasteiger charge is -2.32.